The summed E-state index contributed by atoms with van der Waals surface area (Å²) in [7, 11) is 1.62. The normalized spacial score (nSPS) is 20.4. The minimum atomic E-state index is -1.85. The van der Waals surface area contributed by atoms with Crippen LogP contribution in [0.2, 0.25) is 0 Å². The third kappa shape index (κ3) is 7.79. The maximum absolute atomic E-state index is 14.3. The maximum Gasteiger partial charge on any atom is 0.410 e. The predicted molar refractivity (Wildman–Crippen MR) is 162 cm³/mol. The van der Waals surface area contributed by atoms with Gasteiger partial charge in [0.05, 0.1) is 18.3 Å². The highest BCUT2D eigenvalue weighted by Crippen LogP contribution is 2.41. The Kier molecular flexibility index (Phi) is 11.1. The fourth-order valence-corrected chi connectivity index (χ4v) is 5.59. The van der Waals surface area contributed by atoms with E-state index in [1.807, 2.05) is 46.4 Å². The number of carbonyl (C=O) groups excluding carboxylic acids is 4. The Morgan fingerprint density at radius 1 is 1.19 bits per heavy atom. The number of hydrogen-bond acceptors (Lipinski definition) is 8. The molecule has 2 heterocycles. The molecule has 3 rings (SSSR count). The second-order valence-corrected chi connectivity index (χ2v) is 12.7. The van der Waals surface area contributed by atoms with E-state index < -0.39 is 23.1 Å². The van der Waals surface area contributed by atoms with E-state index in [1.54, 1.807) is 31.1 Å². The molecule has 0 saturated carbocycles. The van der Waals surface area contributed by atoms with E-state index in [9.17, 15) is 19.2 Å². The predicted octanol–water partition coefficient (Wildman–Crippen LogP) is 4.72. The van der Waals surface area contributed by atoms with Crippen molar-refractivity contribution >= 4 is 29.6 Å². The highest BCUT2D eigenvalue weighted by atomic mass is 16.6. The van der Waals surface area contributed by atoms with Crippen LogP contribution in [0.15, 0.2) is 12.1 Å². The van der Waals surface area contributed by atoms with E-state index in [2.05, 4.69) is 0 Å². The number of fused-ring (bicyclic) bond motifs is 1. The molecule has 0 spiro atoms. The summed E-state index contributed by atoms with van der Waals surface area (Å²) >= 11 is 0. The molecule has 1 aromatic carbocycles. The molecule has 2 atom stereocenters. The molecule has 0 radical (unpaired) electrons. The summed E-state index contributed by atoms with van der Waals surface area (Å²) in [5.74, 6) is -1.17. The van der Waals surface area contributed by atoms with Crippen molar-refractivity contribution in [3.05, 3.63) is 23.3 Å². The van der Waals surface area contributed by atoms with Crippen LogP contribution in [0.25, 0.3) is 0 Å². The van der Waals surface area contributed by atoms with Gasteiger partial charge in [-0.3, -0.25) is 9.59 Å². The van der Waals surface area contributed by atoms with E-state index in [1.165, 1.54) is 11.8 Å². The molecular weight excluding hydrogens is 554 g/mol. The summed E-state index contributed by atoms with van der Waals surface area (Å²) in [4.78, 5) is 58.8. The Hall–Kier alpha value is -3.34. The number of benzene rings is 1. The molecule has 2 aliphatic heterocycles. The lowest BCUT2D eigenvalue weighted by Crippen LogP contribution is -2.60. The summed E-state index contributed by atoms with van der Waals surface area (Å²) in [6.45, 7) is 16.2. The van der Waals surface area contributed by atoms with Gasteiger partial charge in [-0.05, 0) is 98.8 Å². The van der Waals surface area contributed by atoms with Crippen LogP contribution in [-0.4, -0.2) is 96.9 Å². The van der Waals surface area contributed by atoms with Crippen LogP contribution in [0.1, 0.15) is 90.1 Å². The van der Waals surface area contributed by atoms with Crippen LogP contribution in [0.5, 0.6) is 5.75 Å². The fraction of sp³-hybridized carbons (Fsp3) is 0.688. The number of piperidine rings is 1. The van der Waals surface area contributed by atoms with Crippen LogP contribution in [0, 0.1) is 6.92 Å². The number of nitrogens with zero attached hydrogens (tertiary/aromatic N) is 3. The van der Waals surface area contributed by atoms with Crippen molar-refractivity contribution in [1.82, 2.24) is 9.80 Å². The molecule has 0 aromatic heterocycles. The van der Waals surface area contributed by atoms with Gasteiger partial charge in [-0.15, -0.1) is 0 Å². The Labute approximate surface area is 255 Å². The van der Waals surface area contributed by atoms with Crippen molar-refractivity contribution in [1.29, 1.82) is 0 Å². The minimum Gasteiger partial charge on any atom is -0.464 e. The molecule has 11 heteroatoms. The lowest BCUT2D eigenvalue weighted by atomic mass is 9.96. The lowest BCUT2D eigenvalue weighted by Gasteiger charge is -2.42. The second-order valence-electron chi connectivity index (χ2n) is 12.7. The number of likely N-dealkylation sites (tertiary alicyclic amines) is 1. The van der Waals surface area contributed by atoms with E-state index in [0.29, 0.717) is 61.6 Å². The zero-order chi connectivity index (χ0) is 32.1. The highest BCUT2D eigenvalue weighted by Gasteiger charge is 2.52. The quantitative estimate of drug-likeness (QED) is 0.214. The van der Waals surface area contributed by atoms with E-state index in [0.717, 1.165) is 12.8 Å². The SMILES string of the molecule is CCOC(=O)C1(C)Oc2cc(C)c(C(=O)N(C(C)C)[C@@H]3CCCN(C(=O)OC(C)(C)C)C3)cc2N(CCCCOC)C1=O. The third-order valence-electron chi connectivity index (χ3n) is 7.67. The highest BCUT2D eigenvalue weighted by molar-refractivity contribution is 6.15. The van der Waals surface area contributed by atoms with Crippen LogP contribution >= 0.6 is 0 Å². The smallest absolute Gasteiger partial charge is 0.410 e. The average Bonchev–Trinajstić information content (AvgIpc) is 2.92. The summed E-state index contributed by atoms with van der Waals surface area (Å²) in [6.07, 6.45) is 2.44. The van der Waals surface area contributed by atoms with Gasteiger partial charge >= 0.3 is 12.1 Å². The largest absolute Gasteiger partial charge is 0.464 e. The first-order chi connectivity index (χ1) is 20.1. The zero-order valence-electron chi connectivity index (χ0n) is 27.3. The Morgan fingerprint density at radius 3 is 2.49 bits per heavy atom. The molecule has 240 valence electrons. The van der Waals surface area contributed by atoms with E-state index in [-0.39, 0.29) is 30.7 Å². The van der Waals surface area contributed by atoms with Crippen LogP contribution in [0.3, 0.4) is 0 Å². The van der Waals surface area contributed by atoms with Gasteiger partial charge in [-0.25, -0.2) is 9.59 Å². The molecule has 43 heavy (non-hydrogen) atoms. The molecule has 0 bridgehead atoms. The number of carbonyl (C=O) groups is 4. The molecule has 0 N–H and O–H groups in total. The Bertz CT molecular complexity index is 1190. The van der Waals surface area contributed by atoms with Crippen molar-refractivity contribution in [2.24, 2.45) is 0 Å². The Balaban J connectivity index is 1.98. The monoisotopic (exact) mass is 603 g/mol. The Morgan fingerprint density at radius 2 is 1.88 bits per heavy atom. The average molecular weight is 604 g/mol. The van der Waals surface area contributed by atoms with Crippen molar-refractivity contribution in [3.8, 4) is 5.75 Å². The van der Waals surface area contributed by atoms with Gasteiger partial charge in [0.2, 0.25) is 0 Å². The maximum atomic E-state index is 14.3. The molecule has 2 aliphatic rings. The van der Waals surface area contributed by atoms with Gasteiger partial charge in [0.25, 0.3) is 17.4 Å². The minimum absolute atomic E-state index is 0.107. The first-order valence-corrected chi connectivity index (χ1v) is 15.3. The molecule has 0 aliphatic carbocycles. The van der Waals surface area contributed by atoms with E-state index >= 15 is 0 Å². The number of anilines is 1. The number of rotatable bonds is 10. The molecule has 1 unspecified atom stereocenters. The number of unbranched alkanes of at least 4 members (excludes halogenated alkanes) is 1. The molecule has 11 nitrogen and oxygen atoms in total. The number of esters is 1. The molecule has 1 fully saturated rings. The molecule has 1 aromatic rings. The topological polar surface area (TPSA) is 115 Å². The standard InChI is InChI=1S/C32H49N3O8/c1-10-41-29(38)32(8)28(37)34(16-11-12-17-40-9)25-19-24(22(4)18-26(25)42-32)27(36)35(21(2)3)23-14-13-15-33(20-23)30(39)43-31(5,6)7/h18-19,21,23H,10-17,20H2,1-9H3/t23-,32?/m1/s1. The summed E-state index contributed by atoms with van der Waals surface area (Å²) in [5, 5.41) is 0. The molecule has 1 saturated heterocycles. The summed E-state index contributed by atoms with van der Waals surface area (Å²) < 4.78 is 22.0. The lowest BCUT2D eigenvalue weighted by molar-refractivity contribution is -0.166. The third-order valence-corrected chi connectivity index (χ3v) is 7.67. The number of ether oxygens (including phenoxy) is 4. The van der Waals surface area contributed by atoms with Gasteiger partial charge in [0, 0.05) is 45.0 Å². The summed E-state index contributed by atoms with van der Waals surface area (Å²) in [6, 6.07) is 3.04. The van der Waals surface area contributed by atoms with Gasteiger partial charge < -0.3 is 33.6 Å². The molecule has 3 amide bonds. The van der Waals surface area contributed by atoms with Crippen molar-refractivity contribution < 1.29 is 38.1 Å². The van der Waals surface area contributed by atoms with Crippen LogP contribution in [0.4, 0.5) is 10.5 Å². The van der Waals surface area contributed by atoms with Crippen molar-refractivity contribution in [2.45, 2.75) is 104 Å². The van der Waals surface area contributed by atoms with E-state index in [4.69, 9.17) is 18.9 Å². The first kappa shape index (κ1) is 34.2. The van der Waals surface area contributed by atoms with Gasteiger partial charge in [-0.2, -0.15) is 0 Å². The van der Waals surface area contributed by atoms with Crippen molar-refractivity contribution in [2.75, 3.05) is 44.9 Å². The van der Waals surface area contributed by atoms with Gasteiger partial charge in [0.15, 0.2) is 0 Å². The first-order valence-electron chi connectivity index (χ1n) is 15.3. The number of amides is 3. The summed E-state index contributed by atoms with van der Waals surface area (Å²) in [5.41, 5.74) is -0.954. The van der Waals surface area contributed by atoms with Crippen LogP contribution in [-0.2, 0) is 23.8 Å². The van der Waals surface area contributed by atoms with Gasteiger partial charge in [-0.1, -0.05) is 0 Å². The number of methoxy groups -OCH3 is 1. The van der Waals surface area contributed by atoms with Crippen molar-refractivity contribution in [3.63, 3.8) is 0 Å². The zero-order valence-corrected chi connectivity index (χ0v) is 27.3. The second kappa shape index (κ2) is 14.0. The number of aryl methyl sites for hydroxylation is 1. The molecular formula is C32H49N3O8. The number of hydrogen-bond donors (Lipinski definition) is 0. The van der Waals surface area contributed by atoms with Crippen LogP contribution < -0.4 is 9.64 Å². The fourth-order valence-electron chi connectivity index (χ4n) is 5.59. The van der Waals surface area contributed by atoms with Gasteiger partial charge in [0.1, 0.15) is 11.4 Å².